The zero-order valence-corrected chi connectivity index (χ0v) is 11.1. The second-order valence-electron chi connectivity index (χ2n) is 4.04. The lowest BCUT2D eigenvalue weighted by molar-refractivity contribution is 0.628. The molecule has 0 aliphatic rings. The summed E-state index contributed by atoms with van der Waals surface area (Å²) >= 11 is 0. The first-order chi connectivity index (χ1) is 9.22. The molecule has 0 fully saturated rings. The summed E-state index contributed by atoms with van der Waals surface area (Å²) in [6.45, 7) is 5.95. The van der Waals surface area contributed by atoms with Crippen LogP contribution in [-0.2, 0) is 0 Å². The molecule has 0 unspecified atom stereocenters. The highest BCUT2D eigenvalue weighted by atomic mass is 19.1. The van der Waals surface area contributed by atoms with Crippen LogP contribution >= 0.6 is 0 Å². The molecule has 2 rings (SSSR count). The third kappa shape index (κ3) is 3.40. The van der Waals surface area contributed by atoms with Gasteiger partial charge in [0.05, 0.1) is 0 Å². The number of hydrogen-bond acceptors (Lipinski definition) is 4. The largest absolute Gasteiger partial charge is 0.357 e. The average Bonchev–Trinajstić information content (AvgIpc) is 2.43. The van der Waals surface area contributed by atoms with Gasteiger partial charge in [-0.2, -0.15) is 4.98 Å². The molecule has 0 bridgehead atoms. The van der Waals surface area contributed by atoms with Crippen molar-refractivity contribution in [2.75, 3.05) is 23.3 Å². The molecule has 5 heteroatoms. The van der Waals surface area contributed by atoms with Crippen LogP contribution in [0.15, 0.2) is 36.5 Å². The Morgan fingerprint density at radius 1 is 1.11 bits per heavy atom. The Hall–Kier alpha value is -2.17. The lowest BCUT2D eigenvalue weighted by atomic mass is 10.3. The van der Waals surface area contributed by atoms with Crippen LogP contribution in [0.4, 0.5) is 21.8 Å². The van der Waals surface area contributed by atoms with E-state index in [1.54, 1.807) is 18.3 Å². The maximum Gasteiger partial charge on any atom is 0.229 e. The minimum atomic E-state index is -0.261. The van der Waals surface area contributed by atoms with Crippen LogP contribution in [0.3, 0.4) is 0 Å². The quantitative estimate of drug-likeness (QED) is 0.896. The molecule has 0 spiro atoms. The highest BCUT2D eigenvalue weighted by molar-refractivity contribution is 5.54. The number of benzene rings is 1. The summed E-state index contributed by atoms with van der Waals surface area (Å²) in [5.41, 5.74) is 0.762. The van der Waals surface area contributed by atoms with Crippen LogP contribution in [0.1, 0.15) is 13.8 Å². The Morgan fingerprint density at radius 3 is 2.42 bits per heavy atom. The second-order valence-corrected chi connectivity index (χ2v) is 4.04. The molecule has 4 nitrogen and oxygen atoms in total. The van der Waals surface area contributed by atoms with Crippen molar-refractivity contribution in [1.29, 1.82) is 0 Å². The van der Waals surface area contributed by atoms with Gasteiger partial charge >= 0.3 is 0 Å². The molecule has 1 aromatic heterocycles. The van der Waals surface area contributed by atoms with Gasteiger partial charge in [-0.15, -0.1) is 0 Å². The van der Waals surface area contributed by atoms with E-state index in [4.69, 9.17) is 0 Å². The van der Waals surface area contributed by atoms with E-state index in [-0.39, 0.29) is 5.82 Å². The smallest absolute Gasteiger partial charge is 0.229 e. The summed E-state index contributed by atoms with van der Waals surface area (Å²) < 4.78 is 12.8. The van der Waals surface area contributed by atoms with Crippen molar-refractivity contribution in [2.45, 2.75) is 13.8 Å². The van der Waals surface area contributed by atoms with Gasteiger partial charge in [0.15, 0.2) is 0 Å². The summed E-state index contributed by atoms with van der Waals surface area (Å²) in [5.74, 6) is 1.13. The Bertz CT molecular complexity index is 523. The molecule has 19 heavy (non-hydrogen) atoms. The number of anilines is 3. The number of halogens is 1. The number of nitrogens with one attached hydrogen (secondary N) is 1. The van der Waals surface area contributed by atoms with Crippen molar-refractivity contribution < 1.29 is 4.39 Å². The number of aromatic nitrogens is 2. The number of rotatable bonds is 5. The van der Waals surface area contributed by atoms with Crippen LogP contribution in [0, 0.1) is 5.82 Å². The van der Waals surface area contributed by atoms with Crippen LogP contribution in [-0.4, -0.2) is 23.1 Å². The fourth-order valence-corrected chi connectivity index (χ4v) is 1.80. The first-order valence-electron chi connectivity index (χ1n) is 6.33. The molecule has 0 aliphatic carbocycles. The zero-order chi connectivity index (χ0) is 13.7. The van der Waals surface area contributed by atoms with E-state index in [2.05, 4.69) is 34.0 Å². The Labute approximate surface area is 112 Å². The standard InChI is InChI=1S/C14H17FN4/c1-3-19(4-2)13-9-10-16-14(18-13)17-12-7-5-11(15)6-8-12/h5-10H,3-4H2,1-2H3,(H,16,17,18). The van der Waals surface area contributed by atoms with Gasteiger partial charge in [0, 0.05) is 25.0 Å². The van der Waals surface area contributed by atoms with E-state index in [0.29, 0.717) is 5.95 Å². The van der Waals surface area contributed by atoms with E-state index in [1.165, 1.54) is 12.1 Å². The van der Waals surface area contributed by atoms with Crippen LogP contribution in [0.2, 0.25) is 0 Å². The molecule has 100 valence electrons. The van der Waals surface area contributed by atoms with Crippen molar-refractivity contribution in [3.8, 4) is 0 Å². The monoisotopic (exact) mass is 260 g/mol. The van der Waals surface area contributed by atoms with Crippen molar-refractivity contribution in [3.63, 3.8) is 0 Å². The highest BCUT2D eigenvalue weighted by Gasteiger charge is 2.05. The predicted molar refractivity (Wildman–Crippen MR) is 75.3 cm³/mol. The summed E-state index contributed by atoms with van der Waals surface area (Å²) in [6.07, 6.45) is 1.71. The van der Waals surface area contributed by atoms with Crippen LogP contribution in [0.25, 0.3) is 0 Å². The minimum absolute atomic E-state index is 0.261. The number of hydrogen-bond donors (Lipinski definition) is 1. The SMILES string of the molecule is CCN(CC)c1ccnc(Nc2ccc(F)cc2)n1. The Morgan fingerprint density at radius 2 is 1.79 bits per heavy atom. The maximum atomic E-state index is 12.8. The van der Waals surface area contributed by atoms with Crippen molar-refractivity contribution in [3.05, 3.63) is 42.3 Å². The molecule has 0 aliphatic heterocycles. The second kappa shape index (κ2) is 6.13. The van der Waals surface area contributed by atoms with Crippen molar-refractivity contribution in [1.82, 2.24) is 9.97 Å². The van der Waals surface area contributed by atoms with Gasteiger partial charge in [-0.05, 0) is 44.2 Å². The molecular weight excluding hydrogens is 243 g/mol. The molecule has 1 aromatic carbocycles. The minimum Gasteiger partial charge on any atom is -0.357 e. The molecule has 0 saturated heterocycles. The molecule has 0 amide bonds. The van der Waals surface area contributed by atoms with Gasteiger partial charge in [0.25, 0.3) is 0 Å². The topological polar surface area (TPSA) is 41.1 Å². The first-order valence-corrected chi connectivity index (χ1v) is 6.33. The van der Waals surface area contributed by atoms with Crippen LogP contribution in [0.5, 0.6) is 0 Å². The van der Waals surface area contributed by atoms with E-state index >= 15 is 0 Å². The fourth-order valence-electron chi connectivity index (χ4n) is 1.80. The molecule has 0 atom stereocenters. The maximum absolute atomic E-state index is 12.8. The van der Waals surface area contributed by atoms with Crippen molar-refractivity contribution in [2.24, 2.45) is 0 Å². The lowest BCUT2D eigenvalue weighted by Gasteiger charge is -2.19. The van der Waals surface area contributed by atoms with E-state index in [9.17, 15) is 4.39 Å². The molecule has 0 saturated carbocycles. The Balaban J connectivity index is 2.17. The van der Waals surface area contributed by atoms with Gasteiger partial charge in [0.1, 0.15) is 11.6 Å². The predicted octanol–water partition coefficient (Wildman–Crippen LogP) is 3.21. The highest BCUT2D eigenvalue weighted by Crippen LogP contribution is 2.16. The van der Waals surface area contributed by atoms with Gasteiger partial charge < -0.3 is 10.2 Å². The molecule has 0 radical (unpaired) electrons. The summed E-state index contributed by atoms with van der Waals surface area (Å²) in [7, 11) is 0. The first kappa shape index (κ1) is 13.3. The molecule has 1 heterocycles. The zero-order valence-electron chi connectivity index (χ0n) is 11.1. The average molecular weight is 260 g/mol. The molecule has 1 N–H and O–H groups in total. The van der Waals surface area contributed by atoms with Gasteiger partial charge in [-0.1, -0.05) is 0 Å². The van der Waals surface area contributed by atoms with E-state index in [0.717, 1.165) is 24.6 Å². The van der Waals surface area contributed by atoms with E-state index < -0.39 is 0 Å². The third-order valence-electron chi connectivity index (χ3n) is 2.83. The van der Waals surface area contributed by atoms with Gasteiger partial charge in [0.2, 0.25) is 5.95 Å². The molecular formula is C14H17FN4. The Kier molecular flexibility index (Phi) is 4.28. The molecule has 2 aromatic rings. The number of nitrogens with zero attached hydrogens (tertiary/aromatic N) is 3. The fraction of sp³-hybridized carbons (Fsp3) is 0.286. The van der Waals surface area contributed by atoms with E-state index in [1.807, 2.05) is 6.07 Å². The van der Waals surface area contributed by atoms with Gasteiger partial charge in [-0.3, -0.25) is 0 Å². The normalized spacial score (nSPS) is 10.3. The van der Waals surface area contributed by atoms with Gasteiger partial charge in [-0.25, -0.2) is 9.37 Å². The van der Waals surface area contributed by atoms with Crippen molar-refractivity contribution >= 4 is 17.5 Å². The third-order valence-corrected chi connectivity index (χ3v) is 2.83. The lowest BCUT2D eigenvalue weighted by Crippen LogP contribution is -2.23. The summed E-state index contributed by atoms with van der Waals surface area (Å²) in [4.78, 5) is 10.7. The summed E-state index contributed by atoms with van der Waals surface area (Å²) in [5, 5.41) is 3.06. The summed E-state index contributed by atoms with van der Waals surface area (Å²) in [6, 6.07) is 7.99. The van der Waals surface area contributed by atoms with Crippen LogP contribution < -0.4 is 10.2 Å².